The van der Waals surface area contributed by atoms with Crippen molar-refractivity contribution in [2.75, 3.05) is 7.05 Å². The molecule has 1 heterocycles. The first-order valence-corrected chi connectivity index (χ1v) is 10.2. The van der Waals surface area contributed by atoms with Crippen LogP contribution in [0.25, 0.3) is 10.6 Å². The number of halogens is 1. The third kappa shape index (κ3) is 4.80. The van der Waals surface area contributed by atoms with Gasteiger partial charge in [0.05, 0.1) is 12.1 Å². The van der Waals surface area contributed by atoms with Crippen molar-refractivity contribution >= 4 is 33.2 Å². The van der Waals surface area contributed by atoms with Crippen LogP contribution in [0.4, 0.5) is 0 Å². The van der Waals surface area contributed by atoms with Gasteiger partial charge in [-0.1, -0.05) is 59.3 Å². The molecule has 0 unspecified atom stereocenters. The van der Waals surface area contributed by atoms with Crippen LogP contribution < -0.4 is 0 Å². The van der Waals surface area contributed by atoms with E-state index in [-0.39, 0.29) is 5.91 Å². The SMILES string of the molecule is CCc1ccc(CN(C)C(=O)Cc2csc(-c3cccc(Br)c3)n2)cc1. The van der Waals surface area contributed by atoms with Crippen LogP contribution in [0, 0.1) is 0 Å². The molecule has 0 fully saturated rings. The molecule has 0 atom stereocenters. The molecular formula is C21H21BrN2OS. The Morgan fingerprint density at radius 2 is 1.88 bits per heavy atom. The van der Waals surface area contributed by atoms with Crippen molar-refractivity contribution in [3.63, 3.8) is 0 Å². The Morgan fingerprint density at radius 3 is 2.58 bits per heavy atom. The maximum Gasteiger partial charge on any atom is 0.228 e. The van der Waals surface area contributed by atoms with Crippen LogP contribution in [-0.4, -0.2) is 22.8 Å². The van der Waals surface area contributed by atoms with Crippen LogP contribution in [0.3, 0.4) is 0 Å². The van der Waals surface area contributed by atoms with E-state index in [4.69, 9.17) is 0 Å². The molecular weight excluding hydrogens is 408 g/mol. The Bertz CT molecular complexity index is 889. The number of rotatable bonds is 6. The van der Waals surface area contributed by atoms with Crippen molar-refractivity contribution in [2.45, 2.75) is 26.3 Å². The highest BCUT2D eigenvalue weighted by atomic mass is 79.9. The highest BCUT2D eigenvalue weighted by Gasteiger charge is 2.13. The number of likely N-dealkylation sites (N-methyl/N-ethyl adjacent to an activating group) is 1. The summed E-state index contributed by atoms with van der Waals surface area (Å²) in [6.07, 6.45) is 1.35. The van der Waals surface area contributed by atoms with E-state index in [0.717, 1.165) is 32.7 Å². The highest BCUT2D eigenvalue weighted by Crippen LogP contribution is 2.26. The summed E-state index contributed by atoms with van der Waals surface area (Å²) in [6.45, 7) is 2.76. The highest BCUT2D eigenvalue weighted by molar-refractivity contribution is 9.10. The van der Waals surface area contributed by atoms with Crippen LogP contribution >= 0.6 is 27.3 Å². The van der Waals surface area contributed by atoms with Gasteiger partial charge in [0.25, 0.3) is 0 Å². The summed E-state index contributed by atoms with van der Waals surface area (Å²) in [4.78, 5) is 18.9. The van der Waals surface area contributed by atoms with Gasteiger partial charge in [0.15, 0.2) is 0 Å². The van der Waals surface area contributed by atoms with Crippen LogP contribution in [0.5, 0.6) is 0 Å². The van der Waals surface area contributed by atoms with Gasteiger partial charge in [-0.3, -0.25) is 4.79 Å². The summed E-state index contributed by atoms with van der Waals surface area (Å²) in [7, 11) is 1.84. The summed E-state index contributed by atoms with van der Waals surface area (Å²) in [6, 6.07) is 16.5. The smallest absolute Gasteiger partial charge is 0.228 e. The van der Waals surface area contributed by atoms with Gasteiger partial charge in [0, 0.05) is 29.0 Å². The lowest BCUT2D eigenvalue weighted by Crippen LogP contribution is -2.27. The first-order valence-electron chi connectivity index (χ1n) is 8.57. The molecule has 0 radical (unpaired) electrons. The fourth-order valence-corrected chi connectivity index (χ4v) is 3.89. The Labute approximate surface area is 166 Å². The first-order chi connectivity index (χ1) is 12.5. The third-order valence-corrected chi connectivity index (χ3v) is 5.67. The Hall–Kier alpha value is -1.98. The number of amides is 1. The predicted octanol–water partition coefficient (Wildman–Crippen LogP) is 5.34. The number of hydrogen-bond acceptors (Lipinski definition) is 3. The second kappa shape index (κ2) is 8.60. The number of carbonyl (C=O) groups is 1. The van der Waals surface area contributed by atoms with Crippen molar-refractivity contribution in [2.24, 2.45) is 0 Å². The number of thiazole rings is 1. The average molecular weight is 429 g/mol. The maximum absolute atomic E-state index is 12.5. The standard InChI is InChI=1S/C21H21BrN2OS/c1-3-15-7-9-16(10-8-15)13-24(2)20(25)12-19-14-26-21(23-19)17-5-4-6-18(22)11-17/h4-11,14H,3,12-13H2,1-2H3. The van der Waals surface area contributed by atoms with Gasteiger partial charge in [0.1, 0.15) is 5.01 Å². The molecule has 0 aliphatic rings. The van der Waals surface area contributed by atoms with Crippen molar-refractivity contribution in [3.8, 4) is 10.6 Å². The predicted molar refractivity (Wildman–Crippen MR) is 111 cm³/mol. The van der Waals surface area contributed by atoms with Gasteiger partial charge in [-0.15, -0.1) is 11.3 Å². The van der Waals surface area contributed by atoms with Crippen molar-refractivity contribution in [1.29, 1.82) is 0 Å². The van der Waals surface area contributed by atoms with E-state index in [0.29, 0.717) is 13.0 Å². The zero-order valence-corrected chi connectivity index (χ0v) is 17.3. The van der Waals surface area contributed by atoms with Crippen LogP contribution in [0.15, 0.2) is 58.4 Å². The van der Waals surface area contributed by atoms with Crippen molar-refractivity contribution in [3.05, 3.63) is 75.2 Å². The Kier molecular flexibility index (Phi) is 6.22. The molecule has 0 spiro atoms. The number of nitrogens with zero attached hydrogens (tertiary/aromatic N) is 2. The minimum atomic E-state index is 0.0793. The Balaban J connectivity index is 1.62. The summed E-state index contributed by atoms with van der Waals surface area (Å²) in [5.41, 5.74) is 4.34. The molecule has 1 amide bonds. The normalized spacial score (nSPS) is 10.7. The van der Waals surface area contributed by atoms with Crippen LogP contribution in [-0.2, 0) is 24.2 Å². The maximum atomic E-state index is 12.5. The van der Waals surface area contributed by atoms with Crippen LogP contribution in [0.1, 0.15) is 23.7 Å². The zero-order chi connectivity index (χ0) is 18.5. The van der Waals surface area contributed by atoms with Gasteiger partial charge in [-0.25, -0.2) is 4.98 Å². The molecule has 0 saturated heterocycles. The van der Waals surface area contributed by atoms with E-state index in [2.05, 4.69) is 52.1 Å². The summed E-state index contributed by atoms with van der Waals surface area (Å²) >= 11 is 5.05. The number of benzene rings is 2. The van der Waals surface area contributed by atoms with E-state index in [1.54, 1.807) is 16.2 Å². The van der Waals surface area contributed by atoms with E-state index in [1.807, 2.05) is 36.7 Å². The lowest BCUT2D eigenvalue weighted by molar-refractivity contribution is -0.129. The van der Waals surface area contributed by atoms with Gasteiger partial charge in [0.2, 0.25) is 5.91 Å². The second-order valence-corrected chi connectivity index (χ2v) is 8.02. The molecule has 3 rings (SSSR count). The zero-order valence-electron chi connectivity index (χ0n) is 14.9. The van der Waals surface area contributed by atoms with Gasteiger partial charge in [-0.2, -0.15) is 0 Å². The molecule has 134 valence electrons. The van der Waals surface area contributed by atoms with Gasteiger partial charge >= 0.3 is 0 Å². The molecule has 0 N–H and O–H groups in total. The monoisotopic (exact) mass is 428 g/mol. The molecule has 1 aromatic heterocycles. The number of carbonyl (C=O) groups excluding carboxylic acids is 1. The summed E-state index contributed by atoms with van der Waals surface area (Å²) < 4.78 is 1.02. The molecule has 3 nitrogen and oxygen atoms in total. The minimum Gasteiger partial charge on any atom is -0.341 e. The van der Waals surface area contributed by atoms with Crippen molar-refractivity contribution < 1.29 is 4.79 Å². The largest absolute Gasteiger partial charge is 0.341 e. The van der Waals surface area contributed by atoms with E-state index < -0.39 is 0 Å². The van der Waals surface area contributed by atoms with Crippen molar-refractivity contribution in [1.82, 2.24) is 9.88 Å². The third-order valence-electron chi connectivity index (χ3n) is 4.23. The lowest BCUT2D eigenvalue weighted by Gasteiger charge is -2.17. The summed E-state index contributed by atoms with van der Waals surface area (Å²) in [5, 5.41) is 2.91. The molecule has 0 bridgehead atoms. The quantitative estimate of drug-likeness (QED) is 0.530. The molecule has 0 aliphatic carbocycles. The molecule has 0 saturated carbocycles. The van der Waals surface area contributed by atoms with E-state index in [1.165, 1.54) is 5.56 Å². The summed E-state index contributed by atoms with van der Waals surface area (Å²) in [5.74, 6) is 0.0793. The first kappa shape index (κ1) is 18.8. The number of aryl methyl sites for hydroxylation is 1. The number of aromatic nitrogens is 1. The van der Waals surface area contributed by atoms with Crippen LogP contribution in [0.2, 0.25) is 0 Å². The second-order valence-electron chi connectivity index (χ2n) is 6.25. The van der Waals surface area contributed by atoms with Gasteiger partial charge < -0.3 is 4.90 Å². The molecule has 5 heteroatoms. The average Bonchev–Trinajstić information content (AvgIpc) is 3.11. The van der Waals surface area contributed by atoms with E-state index in [9.17, 15) is 4.79 Å². The number of hydrogen-bond donors (Lipinski definition) is 0. The molecule has 0 aliphatic heterocycles. The van der Waals surface area contributed by atoms with Gasteiger partial charge in [-0.05, 0) is 29.7 Å². The Morgan fingerprint density at radius 1 is 1.15 bits per heavy atom. The fourth-order valence-electron chi connectivity index (χ4n) is 2.67. The molecule has 3 aromatic rings. The topological polar surface area (TPSA) is 33.2 Å². The fraction of sp³-hybridized carbons (Fsp3) is 0.238. The lowest BCUT2D eigenvalue weighted by atomic mass is 10.1. The minimum absolute atomic E-state index is 0.0793. The molecule has 2 aromatic carbocycles. The van der Waals surface area contributed by atoms with E-state index >= 15 is 0 Å². The molecule has 26 heavy (non-hydrogen) atoms.